The maximum absolute atomic E-state index is 5.05. The van der Waals surface area contributed by atoms with Crippen molar-refractivity contribution in [1.29, 1.82) is 0 Å². The van der Waals surface area contributed by atoms with Gasteiger partial charge in [-0.1, -0.05) is 76.1 Å². The summed E-state index contributed by atoms with van der Waals surface area (Å²) < 4.78 is 0. The van der Waals surface area contributed by atoms with Crippen LogP contribution < -0.4 is 24.8 Å². The molecule has 0 aliphatic heterocycles. The van der Waals surface area contributed by atoms with E-state index in [0.29, 0.717) is 0 Å². The summed E-state index contributed by atoms with van der Waals surface area (Å²) in [4.78, 5) is 0. The fraction of sp³-hybridized carbons (Fsp3) is 0.500. The van der Waals surface area contributed by atoms with Gasteiger partial charge in [0.05, 0.1) is 0 Å². The summed E-state index contributed by atoms with van der Waals surface area (Å²) in [5.41, 5.74) is 6.76. The summed E-state index contributed by atoms with van der Waals surface area (Å²) in [5.74, 6) is 0. The van der Waals surface area contributed by atoms with Crippen LogP contribution in [-0.4, -0.2) is 5.54 Å². The average molecular weight is 401 g/mol. The second-order valence-electron chi connectivity index (χ2n) is 7.58. The Kier molecular flexibility index (Phi) is 10.5. The average Bonchev–Trinajstić information content (AvgIpc) is 2.67. The molecule has 131 valence electrons. The summed E-state index contributed by atoms with van der Waals surface area (Å²) in [6, 6.07) is 8.75. The Morgan fingerprint density at radius 2 is 1.46 bits per heavy atom. The molecule has 24 heavy (non-hydrogen) atoms. The number of halogens is 2. The van der Waals surface area contributed by atoms with E-state index in [4.69, 9.17) is 5.32 Å². The third-order valence-corrected chi connectivity index (χ3v) is 4.18. The van der Waals surface area contributed by atoms with Gasteiger partial charge in [0.2, 0.25) is 0 Å². The first kappa shape index (κ1) is 26.2. The molecule has 1 aromatic rings. The van der Waals surface area contributed by atoms with Gasteiger partial charge >= 0.3 is 21.7 Å². The first-order valence-corrected chi connectivity index (χ1v) is 7.83. The Balaban J connectivity index is 0. The van der Waals surface area contributed by atoms with Crippen molar-refractivity contribution >= 4 is 5.57 Å². The zero-order valence-corrected chi connectivity index (χ0v) is 18.9. The van der Waals surface area contributed by atoms with Crippen molar-refractivity contribution in [3.8, 4) is 0 Å². The summed E-state index contributed by atoms with van der Waals surface area (Å²) in [6.07, 6.45) is 3.37. The van der Waals surface area contributed by atoms with Crippen LogP contribution in [0.2, 0.25) is 0 Å². The van der Waals surface area contributed by atoms with Crippen LogP contribution in [0.25, 0.3) is 10.9 Å². The van der Waals surface area contributed by atoms with Crippen molar-refractivity contribution in [2.45, 2.75) is 66.0 Å². The van der Waals surface area contributed by atoms with Crippen LogP contribution >= 0.6 is 0 Å². The van der Waals surface area contributed by atoms with E-state index in [1.165, 1.54) is 27.8 Å². The van der Waals surface area contributed by atoms with Crippen molar-refractivity contribution < 1.29 is 46.5 Å². The first-order chi connectivity index (χ1) is 9.62. The number of benzene rings is 1. The van der Waals surface area contributed by atoms with E-state index in [-0.39, 0.29) is 57.6 Å². The van der Waals surface area contributed by atoms with Crippen molar-refractivity contribution in [3.63, 3.8) is 0 Å². The van der Waals surface area contributed by atoms with Crippen molar-refractivity contribution in [1.82, 2.24) is 0 Å². The zero-order chi connectivity index (χ0) is 15.8. The van der Waals surface area contributed by atoms with Gasteiger partial charge in [-0.05, 0) is 37.0 Å². The molecule has 1 aliphatic rings. The van der Waals surface area contributed by atoms with E-state index in [2.05, 4.69) is 78.8 Å². The Hall–Kier alpha value is -0.0457. The van der Waals surface area contributed by atoms with Crippen LogP contribution in [0.15, 0.2) is 41.5 Å². The molecule has 0 atom stereocenters. The van der Waals surface area contributed by atoms with E-state index in [9.17, 15) is 0 Å². The van der Waals surface area contributed by atoms with Gasteiger partial charge in [-0.3, -0.25) is 0 Å². The van der Waals surface area contributed by atoms with Gasteiger partial charge in [0.1, 0.15) is 0 Å². The quantitative estimate of drug-likeness (QED) is 0.644. The minimum Gasteiger partial charge on any atom is -1.00 e. The predicted octanol–water partition coefficient (Wildman–Crippen LogP) is 0.223. The summed E-state index contributed by atoms with van der Waals surface area (Å²) in [5, 5.41) is 5.05. The van der Waals surface area contributed by atoms with Crippen LogP contribution in [0.3, 0.4) is 0 Å². The minimum absolute atomic E-state index is 0. The van der Waals surface area contributed by atoms with Gasteiger partial charge in [0.15, 0.2) is 0 Å². The standard InChI is InChI=1S/C20H28N.2ClH.Ti/c1-14-12-13-16(15(14)2)17-10-8-9-11-18(17)20(6,7)21-19(3,4)5;;;/h8-12H,13H2,1-7H3;2*1H;/q-1;;;+3/p-2. The molecule has 0 unspecified atom stereocenters. The Morgan fingerprint density at radius 3 is 1.92 bits per heavy atom. The summed E-state index contributed by atoms with van der Waals surface area (Å²) in [7, 11) is 0. The third-order valence-electron chi connectivity index (χ3n) is 4.18. The molecule has 0 bridgehead atoms. The maximum Gasteiger partial charge on any atom is 3.00 e. The second kappa shape index (κ2) is 9.60. The summed E-state index contributed by atoms with van der Waals surface area (Å²) in [6.45, 7) is 15.4. The molecular weight excluding hydrogens is 373 g/mol. The van der Waals surface area contributed by atoms with Crippen molar-refractivity contribution in [2.24, 2.45) is 0 Å². The second-order valence-corrected chi connectivity index (χ2v) is 7.58. The molecule has 0 heterocycles. The molecule has 0 saturated carbocycles. The van der Waals surface area contributed by atoms with Gasteiger partial charge in [0.25, 0.3) is 0 Å². The van der Waals surface area contributed by atoms with Crippen LogP contribution in [-0.2, 0) is 27.3 Å². The fourth-order valence-corrected chi connectivity index (χ4v) is 3.29. The van der Waals surface area contributed by atoms with Crippen LogP contribution in [0.4, 0.5) is 0 Å². The van der Waals surface area contributed by atoms with E-state index in [1.807, 2.05) is 0 Å². The number of hydrogen-bond donors (Lipinski definition) is 0. The molecule has 1 aliphatic carbocycles. The van der Waals surface area contributed by atoms with Crippen molar-refractivity contribution in [3.05, 3.63) is 57.9 Å². The molecular formula is C20H28Cl2NTi. The predicted molar refractivity (Wildman–Crippen MR) is 93.5 cm³/mol. The molecule has 0 saturated heterocycles. The normalized spacial score (nSPS) is 14.4. The zero-order valence-electron chi connectivity index (χ0n) is 15.8. The molecule has 0 spiro atoms. The van der Waals surface area contributed by atoms with Gasteiger partial charge in [0, 0.05) is 0 Å². The molecule has 0 aromatic heterocycles. The van der Waals surface area contributed by atoms with Crippen LogP contribution in [0.1, 0.15) is 66.0 Å². The molecule has 1 radical (unpaired) electrons. The molecule has 0 N–H and O–H groups in total. The Bertz CT molecular complexity index is 610. The number of allylic oxidation sites excluding steroid dienone is 4. The molecule has 1 aromatic carbocycles. The molecule has 4 heteroatoms. The third kappa shape index (κ3) is 6.04. The SMILES string of the molecule is CC1=CCC(c2ccccc2C(C)(C)[N-]C(C)(C)C)=C1C.[Cl-].[Cl-].[Ti+3]. The molecule has 0 amide bonds. The van der Waals surface area contributed by atoms with E-state index in [1.54, 1.807) is 0 Å². The number of hydrogen-bond acceptors (Lipinski definition) is 0. The molecule has 0 fully saturated rings. The monoisotopic (exact) mass is 400 g/mol. The smallest absolute Gasteiger partial charge is 1.00 e. The van der Waals surface area contributed by atoms with E-state index < -0.39 is 0 Å². The topological polar surface area (TPSA) is 14.1 Å². The first-order valence-electron chi connectivity index (χ1n) is 7.83. The molecule has 2 rings (SSSR count). The Morgan fingerprint density at radius 1 is 0.917 bits per heavy atom. The number of rotatable bonds is 3. The van der Waals surface area contributed by atoms with Gasteiger partial charge in [-0.25, -0.2) is 0 Å². The van der Waals surface area contributed by atoms with Gasteiger partial charge in [-0.2, -0.15) is 0 Å². The maximum atomic E-state index is 5.05. The Labute approximate surface area is 175 Å². The van der Waals surface area contributed by atoms with E-state index in [0.717, 1.165) is 6.42 Å². The van der Waals surface area contributed by atoms with Crippen molar-refractivity contribution in [2.75, 3.05) is 0 Å². The number of nitrogens with zero attached hydrogens (tertiary/aromatic N) is 1. The van der Waals surface area contributed by atoms with Crippen LogP contribution in [0.5, 0.6) is 0 Å². The largest absolute Gasteiger partial charge is 3.00 e. The fourth-order valence-electron chi connectivity index (χ4n) is 3.29. The van der Waals surface area contributed by atoms with E-state index >= 15 is 0 Å². The van der Waals surface area contributed by atoms with Gasteiger partial charge in [-0.15, -0.1) is 11.1 Å². The van der Waals surface area contributed by atoms with Gasteiger partial charge < -0.3 is 30.1 Å². The summed E-state index contributed by atoms with van der Waals surface area (Å²) >= 11 is 0. The van der Waals surface area contributed by atoms with Crippen LogP contribution in [0, 0.1) is 0 Å². The minimum atomic E-state index is -0.182. The molecule has 1 nitrogen and oxygen atoms in total.